The molecule has 5 N–H and O–H groups in total. The minimum Gasteiger partial charge on any atom is -0.462 e. The quantitative estimate of drug-likeness (QED) is 0.0233. The van der Waals surface area contributed by atoms with Gasteiger partial charge in [-0.1, -0.05) is 242 Å². The Bertz CT molecular complexity index is 2690. The van der Waals surface area contributed by atoms with Gasteiger partial charge >= 0.3 is 23.9 Å². The molecule has 6 atom stereocenters. The van der Waals surface area contributed by atoms with Crippen molar-refractivity contribution in [2.45, 2.75) is 308 Å². The number of nitrogens with one attached hydrogen (secondary N) is 3. The third kappa shape index (κ3) is 33.4. The second-order valence-corrected chi connectivity index (χ2v) is 28.1. The van der Waals surface area contributed by atoms with Crippen LogP contribution in [0, 0.1) is 11.8 Å². The van der Waals surface area contributed by atoms with Crippen molar-refractivity contribution in [3.63, 3.8) is 0 Å². The number of ether oxygens (including phenoxy) is 4. The zero-order chi connectivity index (χ0) is 68.5. The number of aromatic nitrogens is 1. The molecule has 2 aliphatic rings. The maximum atomic E-state index is 14.8. The summed E-state index contributed by atoms with van der Waals surface area (Å²) in [4.78, 5) is 117. The summed E-state index contributed by atoms with van der Waals surface area (Å²) in [5.41, 5.74) is 6.50. The van der Waals surface area contributed by atoms with Crippen LogP contribution in [0.3, 0.4) is 0 Å². The van der Waals surface area contributed by atoms with E-state index < -0.39 is 96.7 Å². The molecule has 0 spiro atoms. The normalized spacial score (nSPS) is 16.6. The molecule has 0 radical (unpaired) electrons. The summed E-state index contributed by atoms with van der Waals surface area (Å²) in [5.74, 6) is -4.48. The van der Waals surface area contributed by atoms with Crippen LogP contribution in [0.5, 0.6) is 0 Å². The molecule has 18 heteroatoms. The van der Waals surface area contributed by atoms with Crippen molar-refractivity contribution in [3.05, 3.63) is 78.0 Å². The monoisotopic (exact) mass is 1320 g/mol. The number of hydrogen-bond donors (Lipinski definition) is 4. The predicted molar refractivity (Wildman–Crippen MR) is 374 cm³/mol. The fourth-order valence-corrected chi connectivity index (χ4v) is 13.2. The highest BCUT2D eigenvalue weighted by Crippen LogP contribution is 2.39. The van der Waals surface area contributed by atoms with Crippen molar-refractivity contribution < 1.29 is 57.3 Å². The van der Waals surface area contributed by atoms with E-state index in [1.807, 2.05) is 68.1 Å². The van der Waals surface area contributed by atoms with Crippen molar-refractivity contribution in [1.82, 2.24) is 25.8 Å². The molecule has 95 heavy (non-hydrogen) atoms. The number of likely N-dealkylation sites (tertiary alicyclic amines) is 1. The number of carbonyl (C=O) groups is 8. The summed E-state index contributed by atoms with van der Waals surface area (Å²) in [6.07, 6.45) is 31.7. The molecule has 1 aliphatic heterocycles. The number of esters is 4. The second-order valence-electron chi connectivity index (χ2n) is 28.1. The Kier molecular flexibility index (Phi) is 38.3. The fraction of sp³-hybridized carbons (Fsp3) is 0.701. The first-order chi connectivity index (χ1) is 45.9. The van der Waals surface area contributed by atoms with E-state index in [-0.39, 0.29) is 56.5 Å². The SMILES string of the molecule is CCCCCCCCCCCCCCCC(=O)OCC(COC(=O)CCCCCCCCCCCCCCC)OC(=O)CCC(=O)O[C@H](CN1C[C@H]2CCCC[C@H]2C[C@H]1C(=O)NC(C)(C)C)[C@H](Cc1ccccc1)NC(=O)[C@H](CC(N)=O)NC(=O)c1ccc2ccccc2n1. The minimum absolute atomic E-state index is 0.00923. The van der Waals surface area contributed by atoms with E-state index in [0.717, 1.165) is 75.2 Å². The van der Waals surface area contributed by atoms with Gasteiger partial charge in [-0.05, 0) is 82.4 Å². The molecule has 2 aromatic carbocycles. The number of primary amides is 1. The fourth-order valence-electron chi connectivity index (χ4n) is 13.2. The number of pyridine rings is 1. The van der Waals surface area contributed by atoms with Crippen molar-refractivity contribution in [2.24, 2.45) is 17.6 Å². The van der Waals surface area contributed by atoms with Gasteiger partial charge in [0, 0.05) is 36.9 Å². The van der Waals surface area contributed by atoms with Crippen LogP contribution in [-0.4, -0.2) is 120 Å². The first-order valence-electron chi connectivity index (χ1n) is 37.0. The average Bonchev–Trinajstić information content (AvgIpc) is 0.834. The second kappa shape index (κ2) is 45.9. The standard InChI is InChI=1S/C77H120N6O12/c1-6-8-10-12-14-16-18-20-22-24-26-28-33-45-70(85)92-56-62(57-93-71(86)46-34-29-27-25-23-21-19-17-15-13-11-9-7-2)94-72(87)49-50-73(88)95-68(55-83-54-61-43-36-35-42-60(61)52-67(83)76(91)82-77(3,4)5)65(51-58-39-31-30-32-40-58)80-75(90)66(53-69(78)84)81-74(89)64-48-47-59-41-37-38-44-63(59)79-64/h30-32,37-41,44,47-48,60-62,65-68H,6-29,33-36,42-43,45-46,49-57H2,1-5H3,(H2,78,84)(H,80,90)(H,81,89)(H,82,91)/t60-,61+,65-,66-,67-,68+/m0/s1. The van der Waals surface area contributed by atoms with Gasteiger partial charge in [0.2, 0.25) is 17.7 Å². The highest BCUT2D eigenvalue weighted by molar-refractivity contribution is 5.99. The zero-order valence-corrected chi connectivity index (χ0v) is 58.8. The number of nitrogens with two attached hydrogens (primary N) is 1. The number of unbranched alkanes of at least 4 members (excludes halogenated alkanes) is 24. The highest BCUT2D eigenvalue weighted by atomic mass is 16.6. The number of para-hydroxylation sites is 1. The maximum absolute atomic E-state index is 14.8. The summed E-state index contributed by atoms with van der Waals surface area (Å²) < 4.78 is 23.6. The molecule has 1 saturated carbocycles. The van der Waals surface area contributed by atoms with Gasteiger partial charge in [-0.15, -0.1) is 0 Å². The molecule has 0 unspecified atom stereocenters. The van der Waals surface area contributed by atoms with Gasteiger partial charge in [0.15, 0.2) is 6.10 Å². The first-order valence-corrected chi connectivity index (χ1v) is 37.0. The maximum Gasteiger partial charge on any atom is 0.306 e. The van der Waals surface area contributed by atoms with Crippen LogP contribution in [0.1, 0.15) is 282 Å². The summed E-state index contributed by atoms with van der Waals surface area (Å²) in [7, 11) is 0. The number of benzene rings is 2. The van der Waals surface area contributed by atoms with E-state index in [1.54, 1.807) is 18.2 Å². The van der Waals surface area contributed by atoms with Crippen molar-refractivity contribution in [1.29, 1.82) is 0 Å². The molecule has 3 aromatic rings. The van der Waals surface area contributed by atoms with Gasteiger partial charge in [0.25, 0.3) is 5.91 Å². The molecule has 1 saturated heterocycles. The molecule has 1 aliphatic carbocycles. The lowest BCUT2D eigenvalue weighted by molar-refractivity contribution is -0.168. The topological polar surface area (TPSA) is 252 Å². The molecule has 4 amide bonds. The Labute approximate surface area is 569 Å². The molecule has 0 bridgehead atoms. The van der Waals surface area contributed by atoms with Crippen molar-refractivity contribution in [2.75, 3.05) is 26.3 Å². The predicted octanol–water partition coefficient (Wildman–Crippen LogP) is 14.4. The molecule has 5 rings (SSSR count). The Hall–Kier alpha value is -6.43. The molecular weight excluding hydrogens is 1200 g/mol. The van der Waals surface area contributed by atoms with Crippen LogP contribution in [-0.2, 0) is 58.9 Å². The first kappa shape index (κ1) is 79.3. The summed E-state index contributed by atoms with van der Waals surface area (Å²) in [5, 5.41) is 9.69. The van der Waals surface area contributed by atoms with Crippen molar-refractivity contribution >= 4 is 58.4 Å². The van der Waals surface area contributed by atoms with Crippen LogP contribution in [0.25, 0.3) is 10.9 Å². The van der Waals surface area contributed by atoms with E-state index in [0.29, 0.717) is 37.2 Å². The summed E-state index contributed by atoms with van der Waals surface area (Å²) >= 11 is 0. The van der Waals surface area contributed by atoms with E-state index in [9.17, 15) is 38.4 Å². The number of fused-ring (bicyclic) bond motifs is 2. The Morgan fingerprint density at radius 3 is 1.59 bits per heavy atom. The van der Waals surface area contributed by atoms with E-state index in [2.05, 4.69) is 34.8 Å². The van der Waals surface area contributed by atoms with E-state index in [4.69, 9.17) is 24.7 Å². The Morgan fingerprint density at radius 1 is 0.568 bits per heavy atom. The molecule has 1 aromatic heterocycles. The Morgan fingerprint density at radius 2 is 1.06 bits per heavy atom. The lowest BCUT2D eigenvalue weighted by atomic mass is 9.72. The Balaban J connectivity index is 1.29. The van der Waals surface area contributed by atoms with Crippen LogP contribution >= 0.6 is 0 Å². The van der Waals surface area contributed by atoms with E-state index in [1.165, 1.54) is 122 Å². The third-order valence-corrected chi connectivity index (χ3v) is 18.6. The zero-order valence-electron chi connectivity index (χ0n) is 58.8. The molecular formula is C77H120N6O12. The van der Waals surface area contributed by atoms with Gasteiger partial charge in [-0.25, -0.2) is 4.98 Å². The smallest absolute Gasteiger partial charge is 0.306 e. The van der Waals surface area contributed by atoms with Crippen LogP contribution < -0.4 is 21.7 Å². The number of amides is 4. The lowest BCUT2D eigenvalue weighted by Crippen LogP contribution is -2.61. The van der Waals surface area contributed by atoms with Crippen LogP contribution in [0.4, 0.5) is 0 Å². The van der Waals surface area contributed by atoms with Gasteiger partial charge < -0.3 is 40.6 Å². The van der Waals surface area contributed by atoms with E-state index >= 15 is 0 Å². The number of rotatable bonds is 49. The van der Waals surface area contributed by atoms with Crippen LogP contribution in [0.2, 0.25) is 0 Å². The molecule has 18 nitrogen and oxygen atoms in total. The minimum atomic E-state index is -1.48. The number of nitrogens with zero attached hydrogens (tertiary/aromatic N) is 2. The van der Waals surface area contributed by atoms with Crippen LogP contribution in [0.15, 0.2) is 66.7 Å². The van der Waals surface area contributed by atoms with Crippen molar-refractivity contribution in [3.8, 4) is 0 Å². The van der Waals surface area contributed by atoms with Gasteiger partial charge in [0.1, 0.15) is 31.1 Å². The summed E-state index contributed by atoms with van der Waals surface area (Å²) in [6.45, 7) is 10.1. The summed E-state index contributed by atoms with van der Waals surface area (Å²) in [6, 6.07) is 16.6. The molecule has 530 valence electrons. The average molecular weight is 1320 g/mol. The lowest BCUT2D eigenvalue weighted by Gasteiger charge is -2.47. The molecule has 2 heterocycles. The van der Waals surface area contributed by atoms with Gasteiger partial charge in [-0.2, -0.15) is 0 Å². The number of carbonyl (C=O) groups excluding carboxylic acids is 8. The number of hydrogen-bond acceptors (Lipinski definition) is 14. The third-order valence-electron chi connectivity index (χ3n) is 18.6. The number of piperidine rings is 1. The van der Waals surface area contributed by atoms with Gasteiger partial charge in [-0.3, -0.25) is 43.3 Å². The molecule has 2 fully saturated rings. The van der Waals surface area contributed by atoms with Gasteiger partial charge in [0.05, 0.1) is 36.9 Å². The largest absolute Gasteiger partial charge is 0.462 e. The highest BCUT2D eigenvalue weighted by Gasteiger charge is 2.43.